The molecule has 0 aliphatic rings. The van der Waals surface area contributed by atoms with Crippen LogP contribution in [0.3, 0.4) is 0 Å². The zero-order chi connectivity index (χ0) is 15.9. The fourth-order valence-electron chi connectivity index (χ4n) is 2.41. The Bertz CT molecular complexity index is 645. The van der Waals surface area contributed by atoms with Gasteiger partial charge >= 0.3 is 0 Å². The fourth-order valence-corrected chi connectivity index (χ4v) is 2.41. The number of nitrogens with two attached hydrogens (primary N) is 1. The van der Waals surface area contributed by atoms with E-state index >= 15 is 0 Å². The number of halogens is 1. The van der Waals surface area contributed by atoms with Gasteiger partial charge in [0.15, 0.2) is 5.96 Å². The van der Waals surface area contributed by atoms with Crippen molar-refractivity contribution in [3.05, 3.63) is 65.0 Å². The lowest BCUT2D eigenvalue weighted by Gasteiger charge is -2.08. The summed E-state index contributed by atoms with van der Waals surface area (Å²) >= 11 is 0. The van der Waals surface area contributed by atoms with Crippen LogP contribution >= 0.6 is 0 Å². The minimum absolute atomic E-state index is 0.197. The number of guanidine groups is 1. The van der Waals surface area contributed by atoms with E-state index in [0.29, 0.717) is 12.5 Å². The van der Waals surface area contributed by atoms with Crippen molar-refractivity contribution in [2.45, 2.75) is 26.7 Å². The van der Waals surface area contributed by atoms with Gasteiger partial charge < -0.3 is 11.1 Å². The highest BCUT2D eigenvalue weighted by Gasteiger charge is 1.98. The van der Waals surface area contributed by atoms with Crippen LogP contribution in [-0.2, 0) is 6.42 Å². The molecular weight excluding hydrogens is 277 g/mol. The van der Waals surface area contributed by atoms with Crippen molar-refractivity contribution in [3.8, 4) is 0 Å². The first-order valence-corrected chi connectivity index (χ1v) is 7.42. The molecule has 116 valence electrons. The molecule has 0 spiro atoms. The molecule has 0 unspecified atom stereocenters. The molecule has 0 fully saturated rings. The van der Waals surface area contributed by atoms with Gasteiger partial charge in [-0.25, -0.2) is 4.39 Å². The average Bonchev–Trinajstić information content (AvgIpc) is 2.42. The van der Waals surface area contributed by atoms with Gasteiger partial charge in [0.2, 0.25) is 0 Å². The zero-order valence-corrected chi connectivity index (χ0v) is 13.1. The van der Waals surface area contributed by atoms with E-state index in [2.05, 4.69) is 16.4 Å². The molecular formula is C18H22FN3. The maximum Gasteiger partial charge on any atom is 0.193 e. The molecule has 2 aromatic rings. The number of aryl methyl sites for hydroxylation is 3. The topological polar surface area (TPSA) is 50.4 Å². The summed E-state index contributed by atoms with van der Waals surface area (Å²) in [6.07, 6.45) is 1.62. The number of anilines is 1. The number of hydrogen-bond donors (Lipinski definition) is 2. The molecule has 0 aliphatic heterocycles. The number of benzene rings is 2. The zero-order valence-electron chi connectivity index (χ0n) is 13.1. The molecule has 22 heavy (non-hydrogen) atoms. The maximum atomic E-state index is 13.1. The Morgan fingerprint density at radius 2 is 1.86 bits per heavy atom. The quantitative estimate of drug-likeness (QED) is 0.501. The van der Waals surface area contributed by atoms with Crippen LogP contribution in [0.25, 0.3) is 0 Å². The number of hydrogen-bond acceptors (Lipinski definition) is 1. The van der Waals surface area contributed by atoms with Gasteiger partial charge in [0.1, 0.15) is 5.82 Å². The van der Waals surface area contributed by atoms with Gasteiger partial charge in [0.25, 0.3) is 0 Å². The second kappa shape index (κ2) is 7.59. The lowest BCUT2D eigenvalue weighted by Crippen LogP contribution is -2.23. The second-order valence-corrected chi connectivity index (χ2v) is 5.50. The largest absolute Gasteiger partial charge is 0.370 e. The van der Waals surface area contributed by atoms with Gasteiger partial charge in [-0.15, -0.1) is 0 Å². The predicted octanol–water partition coefficient (Wildman–Crippen LogP) is 3.80. The van der Waals surface area contributed by atoms with Crippen molar-refractivity contribution in [1.82, 2.24) is 0 Å². The monoisotopic (exact) mass is 299 g/mol. The Kier molecular flexibility index (Phi) is 5.53. The molecule has 0 radical (unpaired) electrons. The van der Waals surface area contributed by atoms with Gasteiger partial charge in [0.05, 0.1) is 0 Å². The summed E-state index contributed by atoms with van der Waals surface area (Å²) < 4.78 is 13.1. The first-order valence-electron chi connectivity index (χ1n) is 7.42. The van der Waals surface area contributed by atoms with Crippen molar-refractivity contribution in [3.63, 3.8) is 0 Å². The molecule has 0 amide bonds. The van der Waals surface area contributed by atoms with E-state index in [1.165, 1.54) is 17.2 Å². The summed E-state index contributed by atoms with van der Waals surface area (Å²) in [4.78, 5) is 4.31. The summed E-state index contributed by atoms with van der Waals surface area (Å²) in [5.41, 5.74) is 10.2. The molecule has 2 rings (SSSR count). The van der Waals surface area contributed by atoms with Gasteiger partial charge in [-0.3, -0.25) is 4.99 Å². The van der Waals surface area contributed by atoms with E-state index in [4.69, 9.17) is 5.73 Å². The van der Waals surface area contributed by atoms with E-state index in [-0.39, 0.29) is 5.82 Å². The van der Waals surface area contributed by atoms with Crippen LogP contribution in [-0.4, -0.2) is 12.5 Å². The van der Waals surface area contributed by atoms with Crippen LogP contribution in [0, 0.1) is 19.7 Å². The highest BCUT2D eigenvalue weighted by molar-refractivity contribution is 5.92. The molecule has 0 atom stereocenters. The van der Waals surface area contributed by atoms with E-state index in [1.54, 1.807) is 12.1 Å². The average molecular weight is 299 g/mol. The van der Waals surface area contributed by atoms with Crippen molar-refractivity contribution in [1.29, 1.82) is 0 Å². The Balaban J connectivity index is 1.82. The number of rotatable bonds is 5. The third-order valence-electron chi connectivity index (χ3n) is 3.29. The number of aliphatic imine (C=N–C) groups is 1. The lowest BCUT2D eigenvalue weighted by molar-refractivity contribution is 0.624. The van der Waals surface area contributed by atoms with E-state index in [9.17, 15) is 4.39 Å². The van der Waals surface area contributed by atoms with Gasteiger partial charge in [-0.1, -0.05) is 18.2 Å². The highest BCUT2D eigenvalue weighted by Crippen LogP contribution is 2.13. The predicted molar refractivity (Wildman–Crippen MR) is 90.7 cm³/mol. The second-order valence-electron chi connectivity index (χ2n) is 5.50. The van der Waals surface area contributed by atoms with E-state index in [1.807, 2.05) is 32.0 Å². The summed E-state index contributed by atoms with van der Waals surface area (Å²) in [5.74, 6) is 0.209. The lowest BCUT2D eigenvalue weighted by atomic mass is 10.1. The summed E-state index contributed by atoms with van der Waals surface area (Å²) in [5, 5.41) is 3.10. The summed E-state index contributed by atoms with van der Waals surface area (Å²) in [6, 6.07) is 12.8. The molecule has 3 N–H and O–H groups in total. The first-order chi connectivity index (χ1) is 10.5. The van der Waals surface area contributed by atoms with Crippen LogP contribution in [0.4, 0.5) is 10.1 Å². The molecule has 3 nitrogen and oxygen atoms in total. The van der Waals surface area contributed by atoms with Gasteiger partial charge in [-0.2, -0.15) is 0 Å². The third-order valence-corrected chi connectivity index (χ3v) is 3.29. The van der Waals surface area contributed by atoms with Crippen molar-refractivity contribution < 1.29 is 4.39 Å². The number of nitrogens with zero attached hydrogens (tertiary/aromatic N) is 1. The Morgan fingerprint density at radius 1 is 1.14 bits per heavy atom. The van der Waals surface area contributed by atoms with Crippen LogP contribution in [0.1, 0.15) is 23.1 Å². The van der Waals surface area contributed by atoms with Crippen molar-refractivity contribution in [2.75, 3.05) is 11.9 Å². The molecule has 2 aromatic carbocycles. The molecule has 0 bridgehead atoms. The molecule has 0 saturated heterocycles. The van der Waals surface area contributed by atoms with Crippen molar-refractivity contribution in [2.24, 2.45) is 10.7 Å². The molecule has 4 heteroatoms. The van der Waals surface area contributed by atoms with E-state index in [0.717, 1.165) is 24.1 Å². The van der Waals surface area contributed by atoms with Crippen molar-refractivity contribution >= 4 is 11.6 Å². The highest BCUT2D eigenvalue weighted by atomic mass is 19.1. The fraction of sp³-hybridized carbons (Fsp3) is 0.278. The Morgan fingerprint density at radius 3 is 2.55 bits per heavy atom. The van der Waals surface area contributed by atoms with Crippen LogP contribution < -0.4 is 11.1 Å². The van der Waals surface area contributed by atoms with E-state index < -0.39 is 0 Å². The minimum atomic E-state index is -0.197. The molecule has 0 aliphatic carbocycles. The van der Waals surface area contributed by atoms with Gasteiger partial charge in [0, 0.05) is 12.2 Å². The summed E-state index contributed by atoms with van der Waals surface area (Å²) in [6.45, 7) is 4.70. The molecule has 0 saturated carbocycles. The van der Waals surface area contributed by atoms with Crippen LogP contribution in [0.2, 0.25) is 0 Å². The third kappa shape index (κ3) is 5.20. The first kappa shape index (κ1) is 16.0. The summed E-state index contributed by atoms with van der Waals surface area (Å²) in [7, 11) is 0. The van der Waals surface area contributed by atoms with Gasteiger partial charge in [-0.05, 0) is 67.6 Å². The minimum Gasteiger partial charge on any atom is -0.370 e. The Hall–Kier alpha value is -2.36. The maximum absolute atomic E-state index is 13.1. The molecule has 0 aromatic heterocycles. The smallest absolute Gasteiger partial charge is 0.193 e. The number of nitrogens with one attached hydrogen (secondary N) is 1. The molecule has 0 heterocycles. The SMILES string of the molecule is Cc1cc(C)cc(NC(N)=NCCCc2cccc(F)c2)c1. The standard InChI is InChI=1S/C18H22FN3/c1-13-9-14(2)11-17(10-13)22-18(20)21-8-4-6-15-5-3-7-16(19)12-15/h3,5,7,9-12H,4,6,8H2,1-2H3,(H3,20,21,22). The van der Waals surface area contributed by atoms with Crippen LogP contribution in [0.15, 0.2) is 47.5 Å². The van der Waals surface area contributed by atoms with Crippen LogP contribution in [0.5, 0.6) is 0 Å². The normalized spacial score (nSPS) is 11.5. The Labute approximate surface area is 131 Å².